The minimum Gasteiger partial charge on any atom is -0.351 e. The van der Waals surface area contributed by atoms with Gasteiger partial charge in [0.15, 0.2) is 11.6 Å². The Bertz CT molecular complexity index is 1370. The van der Waals surface area contributed by atoms with Crippen LogP contribution < -0.4 is 5.32 Å². The molecular weight excluding hydrogens is 463 g/mol. The number of nitrogens with one attached hydrogen (secondary N) is 1. The van der Waals surface area contributed by atoms with Gasteiger partial charge in [-0.3, -0.25) is 9.79 Å². The van der Waals surface area contributed by atoms with Crippen molar-refractivity contribution in [2.24, 2.45) is 4.99 Å². The molecule has 1 amide bonds. The number of aryl methyl sites for hydroxylation is 2. The van der Waals surface area contributed by atoms with Crippen LogP contribution in [0.2, 0.25) is 0 Å². The average Bonchev–Trinajstić information content (AvgIpc) is 2.87. The van der Waals surface area contributed by atoms with Crippen molar-refractivity contribution in [2.75, 3.05) is 7.05 Å². The van der Waals surface area contributed by atoms with E-state index in [9.17, 15) is 18.0 Å². The van der Waals surface area contributed by atoms with E-state index in [2.05, 4.69) is 5.32 Å². The summed E-state index contributed by atoms with van der Waals surface area (Å²) in [7, 11) is 1.92. The molecule has 0 aromatic heterocycles. The number of hydrogen-bond acceptors (Lipinski definition) is 3. The molecule has 5 rings (SSSR count). The third kappa shape index (κ3) is 4.91. The SMILES string of the molecule is CN1C2=C(N=C(CCc3ccccc3)C1NC(=O)Cc1ccc(F)c(F)c1)c1ccc(F)cc1CC2. The largest absolute Gasteiger partial charge is 0.351 e. The summed E-state index contributed by atoms with van der Waals surface area (Å²) in [5, 5.41) is 3.05. The Hall–Kier alpha value is -3.87. The summed E-state index contributed by atoms with van der Waals surface area (Å²) in [4.78, 5) is 20.0. The Labute approximate surface area is 208 Å². The van der Waals surface area contributed by atoms with Crippen LogP contribution in [0.1, 0.15) is 35.1 Å². The molecule has 7 heteroatoms. The van der Waals surface area contributed by atoms with Crippen LogP contribution in [0.3, 0.4) is 0 Å². The smallest absolute Gasteiger partial charge is 0.226 e. The summed E-state index contributed by atoms with van der Waals surface area (Å²) < 4.78 is 40.8. The van der Waals surface area contributed by atoms with E-state index in [0.717, 1.165) is 52.3 Å². The Morgan fingerprint density at radius 1 is 0.944 bits per heavy atom. The van der Waals surface area contributed by atoms with Crippen molar-refractivity contribution in [1.82, 2.24) is 10.2 Å². The number of allylic oxidation sites excluding steroid dienone is 1. The first-order valence-electron chi connectivity index (χ1n) is 12.0. The van der Waals surface area contributed by atoms with Crippen molar-refractivity contribution in [2.45, 2.75) is 38.3 Å². The van der Waals surface area contributed by atoms with Gasteiger partial charge >= 0.3 is 0 Å². The third-order valence-corrected chi connectivity index (χ3v) is 6.77. The van der Waals surface area contributed by atoms with E-state index < -0.39 is 17.8 Å². The van der Waals surface area contributed by atoms with Gasteiger partial charge in [-0.05, 0) is 72.7 Å². The molecule has 36 heavy (non-hydrogen) atoms. The first kappa shape index (κ1) is 23.9. The van der Waals surface area contributed by atoms with Gasteiger partial charge in [-0.1, -0.05) is 36.4 Å². The molecule has 1 N–H and O–H groups in total. The number of carbonyl (C=O) groups is 1. The summed E-state index contributed by atoms with van der Waals surface area (Å²) in [6.07, 6.45) is 2.14. The van der Waals surface area contributed by atoms with Crippen molar-refractivity contribution in [3.63, 3.8) is 0 Å². The lowest BCUT2D eigenvalue weighted by atomic mass is 9.90. The number of aliphatic imine (C=N–C) groups is 1. The molecule has 184 valence electrons. The first-order chi connectivity index (χ1) is 17.4. The standard InChI is InChI=1S/C29H26F3N3O/c1-35-26-14-9-20-17-21(30)10-11-22(20)28(26)33-25(13-8-18-5-3-2-4-6-18)29(35)34-27(36)16-19-7-12-23(31)24(32)15-19/h2-7,10-12,15,17,29H,8-9,13-14,16H2,1H3,(H,34,36). The summed E-state index contributed by atoms with van der Waals surface area (Å²) in [5.74, 6) is -2.50. The highest BCUT2D eigenvalue weighted by Gasteiger charge is 2.33. The Balaban J connectivity index is 1.43. The molecule has 0 radical (unpaired) electrons. The molecular formula is C29H26F3N3O. The number of amides is 1. The highest BCUT2D eigenvalue weighted by molar-refractivity contribution is 5.99. The van der Waals surface area contributed by atoms with Gasteiger partial charge in [-0.25, -0.2) is 13.2 Å². The van der Waals surface area contributed by atoms with E-state index in [1.165, 1.54) is 12.1 Å². The Kier molecular flexibility index (Phi) is 6.63. The van der Waals surface area contributed by atoms with Crippen LogP contribution in [0.25, 0.3) is 5.70 Å². The van der Waals surface area contributed by atoms with Gasteiger partial charge in [-0.2, -0.15) is 0 Å². The van der Waals surface area contributed by atoms with E-state index >= 15 is 0 Å². The molecule has 2 aliphatic rings. The fourth-order valence-corrected chi connectivity index (χ4v) is 4.91. The van der Waals surface area contributed by atoms with Gasteiger partial charge in [0.05, 0.1) is 17.8 Å². The quantitative estimate of drug-likeness (QED) is 0.502. The number of hydrogen-bond donors (Lipinski definition) is 1. The summed E-state index contributed by atoms with van der Waals surface area (Å²) in [6.45, 7) is 0. The molecule has 0 bridgehead atoms. The van der Waals surface area contributed by atoms with E-state index in [1.54, 1.807) is 12.1 Å². The third-order valence-electron chi connectivity index (χ3n) is 6.77. The number of benzene rings is 3. The normalized spacial score (nSPS) is 16.8. The maximum Gasteiger partial charge on any atom is 0.226 e. The predicted molar refractivity (Wildman–Crippen MR) is 134 cm³/mol. The molecule has 0 saturated carbocycles. The minimum atomic E-state index is -0.979. The lowest BCUT2D eigenvalue weighted by Crippen LogP contribution is -2.53. The molecule has 1 heterocycles. The van der Waals surface area contributed by atoms with Crippen LogP contribution in [-0.4, -0.2) is 29.7 Å². The highest BCUT2D eigenvalue weighted by Crippen LogP contribution is 2.37. The maximum absolute atomic E-state index is 13.9. The number of halogens is 3. The molecule has 0 saturated heterocycles. The molecule has 0 spiro atoms. The molecule has 1 atom stereocenters. The van der Waals surface area contributed by atoms with Gasteiger partial charge in [0.2, 0.25) is 5.91 Å². The first-order valence-corrected chi connectivity index (χ1v) is 12.0. The average molecular weight is 490 g/mol. The van der Waals surface area contributed by atoms with Crippen molar-refractivity contribution < 1.29 is 18.0 Å². The zero-order valence-electron chi connectivity index (χ0n) is 19.9. The minimum absolute atomic E-state index is 0.0818. The van der Waals surface area contributed by atoms with Crippen molar-refractivity contribution in [3.8, 4) is 0 Å². The van der Waals surface area contributed by atoms with Gasteiger partial charge in [-0.15, -0.1) is 0 Å². The molecule has 4 nitrogen and oxygen atoms in total. The molecule has 0 fully saturated rings. The van der Waals surface area contributed by atoms with Crippen LogP contribution in [0.5, 0.6) is 0 Å². The molecule has 3 aromatic carbocycles. The monoisotopic (exact) mass is 489 g/mol. The van der Waals surface area contributed by atoms with E-state index in [-0.39, 0.29) is 18.1 Å². The summed E-state index contributed by atoms with van der Waals surface area (Å²) in [5.41, 5.74) is 5.96. The topological polar surface area (TPSA) is 44.7 Å². The van der Waals surface area contributed by atoms with Gasteiger partial charge in [0.1, 0.15) is 12.0 Å². The van der Waals surface area contributed by atoms with Gasteiger partial charge < -0.3 is 10.2 Å². The van der Waals surface area contributed by atoms with Gasteiger partial charge in [0, 0.05) is 18.3 Å². The fourth-order valence-electron chi connectivity index (χ4n) is 4.91. The second-order valence-electron chi connectivity index (χ2n) is 9.19. The summed E-state index contributed by atoms with van der Waals surface area (Å²) in [6, 6.07) is 18.3. The molecule has 1 unspecified atom stereocenters. The second-order valence-corrected chi connectivity index (χ2v) is 9.19. The molecule has 1 aliphatic carbocycles. The van der Waals surface area contributed by atoms with Crippen molar-refractivity contribution >= 4 is 17.3 Å². The van der Waals surface area contributed by atoms with Crippen LogP contribution in [-0.2, 0) is 24.1 Å². The van der Waals surface area contributed by atoms with Crippen LogP contribution >= 0.6 is 0 Å². The Morgan fingerprint density at radius 2 is 1.75 bits per heavy atom. The molecule has 1 aliphatic heterocycles. The number of rotatable bonds is 6. The van der Waals surface area contributed by atoms with Crippen LogP contribution in [0.15, 0.2) is 77.4 Å². The zero-order chi connectivity index (χ0) is 25.2. The van der Waals surface area contributed by atoms with Gasteiger partial charge in [0.25, 0.3) is 0 Å². The van der Waals surface area contributed by atoms with E-state index in [1.807, 2.05) is 42.3 Å². The summed E-state index contributed by atoms with van der Waals surface area (Å²) >= 11 is 0. The zero-order valence-corrected chi connectivity index (χ0v) is 19.9. The van der Waals surface area contributed by atoms with Crippen LogP contribution in [0.4, 0.5) is 13.2 Å². The second kappa shape index (κ2) is 10.0. The predicted octanol–water partition coefficient (Wildman–Crippen LogP) is 5.42. The highest BCUT2D eigenvalue weighted by atomic mass is 19.2. The lowest BCUT2D eigenvalue weighted by molar-refractivity contribution is -0.121. The Morgan fingerprint density at radius 3 is 2.53 bits per heavy atom. The lowest BCUT2D eigenvalue weighted by Gasteiger charge is -2.40. The van der Waals surface area contributed by atoms with Crippen molar-refractivity contribution in [1.29, 1.82) is 0 Å². The number of carbonyl (C=O) groups excluding carboxylic acids is 1. The molecule has 3 aromatic rings. The maximum atomic E-state index is 13.9. The number of fused-ring (bicyclic) bond motifs is 2. The van der Waals surface area contributed by atoms with Crippen molar-refractivity contribution in [3.05, 3.63) is 112 Å². The van der Waals surface area contributed by atoms with Crippen LogP contribution in [0, 0.1) is 17.5 Å². The fraction of sp³-hybridized carbons (Fsp3) is 0.241. The number of nitrogens with zero attached hydrogens (tertiary/aromatic N) is 2. The van der Waals surface area contributed by atoms with E-state index in [0.29, 0.717) is 24.8 Å². The van der Waals surface area contributed by atoms with E-state index in [4.69, 9.17) is 4.99 Å².